The highest BCUT2D eigenvalue weighted by atomic mass is 19.1. The summed E-state index contributed by atoms with van der Waals surface area (Å²) < 4.78 is 15.3. The second kappa shape index (κ2) is 4.80. The lowest BCUT2D eigenvalue weighted by atomic mass is 10.2. The number of aromatic nitrogens is 2. The summed E-state index contributed by atoms with van der Waals surface area (Å²) in [6, 6.07) is 5.19. The van der Waals surface area contributed by atoms with Gasteiger partial charge in [0.25, 0.3) is 0 Å². The molecule has 1 aromatic heterocycles. The Bertz CT molecular complexity index is 573. The van der Waals surface area contributed by atoms with Gasteiger partial charge in [0.05, 0.1) is 5.69 Å². The largest absolute Gasteiger partial charge is 0.381 e. The van der Waals surface area contributed by atoms with E-state index in [-0.39, 0.29) is 5.82 Å². The molecule has 0 saturated carbocycles. The molecule has 2 aromatic rings. The Kier molecular flexibility index (Phi) is 3.36. The minimum absolute atomic E-state index is 0.181. The predicted molar refractivity (Wildman–Crippen MR) is 71.1 cm³/mol. The summed E-state index contributed by atoms with van der Waals surface area (Å²) in [5, 5.41) is 7.59. The van der Waals surface area contributed by atoms with E-state index in [1.165, 1.54) is 11.6 Å². The van der Waals surface area contributed by atoms with E-state index < -0.39 is 0 Å². The van der Waals surface area contributed by atoms with Crippen LogP contribution in [0.3, 0.4) is 0 Å². The third-order valence-corrected chi connectivity index (χ3v) is 3.30. The second-order valence-electron chi connectivity index (χ2n) is 4.59. The third-order valence-electron chi connectivity index (χ3n) is 3.30. The van der Waals surface area contributed by atoms with Gasteiger partial charge in [-0.25, -0.2) is 4.39 Å². The molecule has 1 N–H and O–H groups in total. The van der Waals surface area contributed by atoms with Crippen LogP contribution in [0.15, 0.2) is 18.2 Å². The monoisotopic (exact) mass is 247 g/mol. The summed E-state index contributed by atoms with van der Waals surface area (Å²) >= 11 is 0. The van der Waals surface area contributed by atoms with Gasteiger partial charge < -0.3 is 5.32 Å². The molecule has 0 bridgehead atoms. The van der Waals surface area contributed by atoms with Crippen LogP contribution in [0.1, 0.15) is 22.5 Å². The fraction of sp³-hybridized carbons (Fsp3) is 0.357. The molecule has 18 heavy (non-hydrogen) atoms. The van der Waals surface area contributed by atoms with Gasteiger partial charge in [0.2, 0.25) is 0 Å². The molecule has 0 atom stereocenters. The Morgan fingerprint density at radius 3 is 2.56 bits per heavy atom. The number of aryl methyl sites for hydroxylation is 3. The summed E-state index contributed by atoms with van der Waals surface area (Å²) in [4.78, 5) is 0. The van der Waals surface area contributed by atoms with Gasteiger partial charge in [0.15, 0.2) is 0 Å². The van der Waals surface area contributed by atoms with Crippen LogP contribution in [0, 0.1) is 26.6 Å². The van der Waals surface area contributed by atoms with Crippen molar-refractivity contribution in [1.82, 2.24) is 9.78 Å². The van der Waals surface area contributed by atoms with Crippen LogP contribution in [0.25, 0.3) is 0 Å². The molecule has 0 saturated heterocycles. The van der Waals surface area contributed by atoms with E-state index in [0.717, 1.165) is 17.1 Å². The molecule has 0 fully saturated rings. The first kappa shape index (κ1) is 12.6. The molecular weight excluding hydrogens is 229 g/mol. The van der Waals surface area contributed by atoms with Gasteiger partial charge in [0, 0.05) is 30.5 Å². The quantitative estimate of drug-likeness (QED) is 0.903. The van der Waals surface area contributed by atoms with Gasteiger partial charge in [-0.15, -0.1) is 0 Å². The first-order valence-corrected chi connectivity index (χ1v) is 5.98. The fourth-order valence-electron chi connectivity index (χ4n) is 1.97. The summed E-state index contributed by atoms with van der Waals surface area (Å²) in [7, 11) is 1.93. The van der Waals surface area contributed by atoms with E-state index in [2.05, 4.69) is 10.4 Å². The molecule has 0 aliphatic rings. The van der Waals surface area contributed by atoms with Crippen LogP contribution in [-0.2, 0) is 13.6 Å². The van der Waals surface area contributed by atoms with Crippen molar-refractivity contribution in [3.63, 3.8) is 0 Å². The molecule has 1 aromatic carbocycles. The normalized spacial score (nSPS) is 10.7. The standard InChI is InChI=1S/C14H18FN3/c1-9-5-6-12(7-14(9)15)16-8-13-10(2)17-18(4)11(13)3/h5-7,16H,8H2,1-4H3. The van der Waals surface area contributed by atoms with Crippen molar-refractivity contribution < 1.29 is 4.39 Å². The molecule has 3 nitrogen and oxygen atoms in total. The van der Waals surface area contributed by atoms with E-state index in [1.807, 2.05) is 31.6 Å². The van der Waals surface area contributed by atoms with Gasteiger partial charge in [-0.1, -0.05) is 6.07 Å². The summed E-state index contributed by atoms with van der Waals surface area (Å²) in [6.45, 7) is 6.44. The molecular formula is C14H18FN3. The van der Waals surface area contributed by atoms with E-state index in [4.69, 9.17) is 0 Å². The maximum atomic E-state index is 13.4. The predicted octanol–water partition coefficient (Wildman–Crippen LogP) is 3.10. The van der Waals surface area contributed by atoms with Gasteiger partial charge in [-0.3, -0.25) is 4.68 Å². The molecule has 2 rings (SSSR count). The lowest BCUT2D eigenvalue weighted by Gasteiger charge is -2.08. The molecule has 0 amide bonds. The van der Waals surface area contributed by atoms with Crippen LogP contribution in [0.5, 0.6) is 0 Å². The summed E-state index contributed by atoms with van der Waals surface area (Å²) in [5.41, 5.74) is 4.76. The zero-order valence-corrected chi connectivity index (χ0v) is 11.2. The van der Waals surface area contributed by atoms with Crippen molar-refractivity contribution in [2.45, 2.75) is 27.3 Å². The Hall–Kier alpha value is -1.84. The van der Waals surface area contributed by atoms with Gasteiger partial charge in [-0.05, 0) is 38.5 Å². The topological polar surface area (TPSA) is 29.9 Å². The van der Waals surface area contributed by atoms with Crippen LogP contribution in [-0.4, -0.2) is 9.78 Å². The van der Waals surface area contributed by atoms with Crippen molar-refractivity contribution >= 4 is 5.69 Å². The van der Waals surface area contributed by atoms with Crippen molar-refractivity contribution in [2.75, 3.05) is 5.32 Å². The highest BCUT2D eigenvalue weighted by Gasteiger charge is 2.09. The van der Waals surface area contributed by atoms with Crippen LogP contribution in [0.2, 0.25) is 0 Å². The van der Waals surface area contributed by atoms with Gasteiger partial charge >= 0.3 is 0 Å². The maximum absolute atomic E-state index is 13.4. The highest BCUT2D eigenvalue weighted by Crippen LogP contribution is 2.17. The maximum Gasteiger partial charge on any atom is 0.128 e. The number of rotatable bonds is 3. The SMILES string of the molecule is Cc1ccc(NCc2c(C)nn(C)c2C)cc1F. The van der Waals surface area contributed by atoms with Crippen LogP contribution < -0.4 is 5.32 Å². The number of anilines is 1. The number of benzene rings is 1. The molecule has 1 heterocycles. The van der Waals surface area contributed by atoms with Crippen LogP contribution in [0.4, 0.5) is 10.1 Å². The number of nitrogens with one attached hydrogen (secondary N) is 1. The van der Waals surface area contributed by atoms with Crippen LogP contribution >= 0.6 is 0 Å². The highest BCUT2D eigenvalue weighted by molar-refractivity contribution is 5.46. The smallest absolute Gasteiger partial charge is 0.128 e. The van der Waals surface area contributed by atoms with E-state index in [0.29, 0.717) is 12.1 Å². The summed E-state index contributed by atoms with van der Waals surface area (Å²) in [5.74, 6) is -0.181. The first-order valence-electron chi connectivity index (χ1n) is 5.98. The Morgan fingerprint density at radius 2 is 2.00 bits per heavy atom. The molecule has 0 spiro atoms. The number of nitrogens with zero attached hydrogens (tertiary/aromatic N) is 2. The van der Waals surface area contributed by atoms with Crippen molar-refractivity contribution in [3.05, 3.63) is 46.5 Å². The second-order valence-corrected chi connectivity index (χ2v) is 4.59. The Labute approximate surface area is 107 Å². The zero-order chi connectivity index (χ0) is 13.3. The summed E-state index contributed by atoms with van der Waals surface area (Å²) in [6.07, 6.45) is 0. The van der Waals surface area contributed by atoms with E-state index in [1.54, 1.807) is 13.0 Å². The average molecular weight is 247 g/mol. The molecule has 0 aliphatic carbocycles. The minimum Gasteiger partial charge on any atom is -0.381 e. The molecule has 0 aliphatic heterocycles. The number of hydrogen-bond acceptors (Lipinski definition) is 2. The van der Waals surface area contributed by atoms with Gasteiger partial charge in [0.1, 0.15) is 5.82 Å². The number of halogens is 1. The molecule has 0 unspecified atom stereocenters. The van der Waals surface area contributed by atoms with E-state index >= 15 is 0 Å². The molecule has 4 heteroatoms. The van der Waals surface area contributed by atoms with E-state index in [9.17, 15) is 4.39 Å². The minimum atomic E-state index is -0.181. The lowest BCUT2D eigenvalue weighted by Crippen LogP contribution is -2.02. The van der Waals surface area contributed by atoms with Gasteiger partial charge in [-0.2, -0.15) is 5.10 Å². The number of hydrogen-bond donors (Lipinski definition) is 1. The Morgan fingerprint density at radius 1 is 1.28 bits per heavy atom. The van der Waals surface area contributed by atoms with Crippen molar-refractivity contribution in [3.8, 4) is 0 Å². The lowest BCUT2D eigenvalue weighted by molar-refractivity contribution is 0.619. The zero-order valence-electron chi connectivity index (χ0n) is 11.2. The molecule has 0 radical (unpaired) electrons. The first-order chi connectivity index (χ1) is 8.49. The third kappa shape index (κ3) is 2.37. The molecule has 96 valence electrons. The Balaban J connectivity index is 2.14. The van der Waals surface area contributed by atoms with Crippen molar-refractivity contribution in [2.24, 2.45) is 7.05 Å². The van der Waals surface area contributed by atoms with Crippen molar-refractivity contribution in [1.29, 1.82) is 0 Å². The fourth-order valence-corrected chi connectivity index (χ4v) is 1.97. The average Bonchev–Trinajstić information content (AvgIpc) is 2.56.